The number of aliphatic hydroxyl groups excluding tert-OH is 1. The van der Waals surface area contributed by atoms with Crippen LogP contribution in [0.3, 0.4) is 0 Å². The van der Waals surface area contributed by atoms with Gasteiger partial charge in [0.25, 0.3) is 0 Å². The molecule has 172 valence electrons. The summed E-state index contributed by atoms with van der Waals surface area (Å²) in [6.07, 6.45) is 5.61. The lowest BCUT2D eigenvalue weighted by Gasteiger charge is -2.18. The molecule has 3 aromatic rings. The first-order valence-electron chi connectivity index (χ1n) is 11.6. The van der Waals surface area contributed by atoms with E-state index in [2.05, 4.69) is 33.6 Å². The number of hydrogen-bond donors (Lipinski definition) is 3. The Morgan fingerprint density at radius 3 is 2.84 bits per heavy atom. The van der Waals surface area contributed by atoms with Crippen LogP contribution < -0.4 is 10.6 Å². The molecule has 0 spiro atoms. The van der Waals surface area contributed by atoms with E-state index in [1.165, 1.54) is 0 Å². The molecule has 1 fully saturated rings. The number of ether oxygens (including phenoxy) is 1. The van der Waals surface area contributed by atoms with Gasteiger partial charge < -0.3 is 24.9 Å². The minimum Gasteiger partial charge on any atom is -0.454 e. The average molecular weight is 440 g/mol. The number of hydrogen-bond acceptors (Lipinski definition) is 8. The van der Waals surface area contributed by atoms with Crippen LogP contribution in [0, 0.1) is 12.8 Å². The van der Waals surface area contributed by atoms with Gasteiger partial charge in [0, 0.05) is 36.9 Å². The van der Waals surface area contributed by atoms with E-state index in [9.17, 15) is 5.11 Å². The van der Waals surface area contributed by atoms with Gasteiger partial charge in [0.15, 0.2) is 5.58 Å². The number of fused-ring (bicyclic) bond motifs is 1. The van der Waals surface area contributed by atoms with Gasteiger partial charge in [-0.15, -0.1) is 0 Å². The molecule has 8 heteroatoms. The highest BCUT2D eigenvalue weighted by Crippen LogP contribution is 2.36. The molecule has 0 aliphatic heterocycles. The number of nitrogens with one attached hydrogen (secondary N) is 2. The van der Waals surface area contributed by atoms with E-state index < -0.39 is 0 Å². The second-order valence-electron chi connectivity index (χ2n) is 8.36. The van der Waals surface area contributed by atoms with Crippen LogP contribution in [-0.4, -0.2) is 52.5 Å². The number of aliphatic hydroxyl groups is 1. The lowest BCUT2D eigenvalue weighted by atomic mass is 10.1. The molecule has 0 unspecified atom stereocenters. The highest BCUT2D eigenvalue weighted by Gasteiger charge is 2.26. The monoisotopic (exact) mass is 439 g/mol. The van der Waals surface area contributed by atoms with Crippen molar-refractivity contribution in [2.45, 2.75) is 52.5 Å². The van der Waals surface area contributed by atoms with Crippen LogP contribution in [0.25, 0.3) is 22.3 Å². The van der Waals surface area contributed by atoms with Gasteiger partial charge in [-0.2, -0.15) is 4.98 Å². The minimum absolute atomic E-state index is 0.231. The first-order valence-corrected chi connectivity index (χ1v) is 11.6. The van der Waals surface area contributed by atoms with Crippen molar-refractivity contribution in [2.24, 2.45) is 5.92 Å². The minimum atomic E-state index is 0.231. The van der Waals surface area contributed by atoms with Crippen molar-refractivity contribution >= 4 is 22.7 Å². The van der Waals surface area contributed by atoms with Crippen LogP contribution in [0.4, 0.5) is 11.8 Å². The Hall–Kier alpha value is -2.71. The van der Waals surface area contributed by atoms with Gasteiger partial charge >= 0.3 is 0 Å². The van der Waals surface area contributed by atoms with Gasteiger partial charge in [-0.3, -0.25) is 4.98 Å². The van der Waals surface area contributed by atoms with Crippen LogP contribution in [0.2, 0.25) is 0 Å². The molecule has 2 atom stereocenters. The van der Waals surface area contributed by atoms with Crippen LogP contribution in [0.15, 0.2) is 22.7 Å². The van der Waals surface area contributed by atoms with Crippen molar-refractivity contribution in [1.29, 1.82) is 0 Å². The fraction of sp³-hybridized carbons (Fsp3) is 0.542. The standard InChI is InChI=1S/C24H33N5O3/c1-4-18-11-17-12-20(32-21(17)13-26-18)22-15(3)27-24(25-8-9-31-5-2)29-23(22)28-19-7-6-16(10-19)14-30/h11-13,16,19,30H,4-10,14H2,1-3H3,(H2,25,27,28,29)/t16-,19+/m1/s1. The summed E-state index contributed by atoms with van der Waals surface area (Å²) in [5.41, 5.74) is 3.48. The summed E-state index contributed by atoms with van der Waals surface area (Å²) in [6.45, 7) is 8.19. The number of rotatable bonds is 10. The highest BCUT2D eigenvalue weighted by atomic mass is 16.5. The fourth-order valence-corrected chi connectivity index (χ4v) is 4.30. The summed E-state index contributed by atoms with van der Waals surface area (Å²) in [7, 11) is 0. The van der Waals surface area contributed by atoms with Gasteiger partial charge in [-0.25, -0.2) is 4.98 Å². The molecule has 1 aliphatic rings. The number of furan rings is 1. The zero-order valence-corrected chi connectivity index (χ0v) is 19.1. The molecule has 32 heavy (non-hydrogen) atoms. The van der Waals surface area contributed by atoms with Gasteiger partial charge in [0.05, 0.1) is 24.1 Å². The molecule has 0 aromatic carbocycles. The molecule has 8 nitrogen and oxygen atoms in total. The molecule has 3 aromatic heterocycles. The smallest absolute Gasteiger partial charge is 0.224 e. The third-order valence-electron chi connectivity index (χ3n) is 6.03. The van der Waals surface area contributed by atoms with Crippen LogP contribution in [0.5, 0.6) is 0 Å². The maximum absolute atomic E-state index is 9.54. The average Bonchev–Trinajstić information content (AvgIpc) is 3.42. The van der Waals surface area contributed by atoms with E-state index >= 15 is 0 Å². The Labute approximate surface area is 188 Å². The van der Waals surface area contributed by atoms with Gasteiger partial charge in [-0.1, -0.05) is 6.92 Å². The maximum Gasteiger partial charge on any atom is 0.224 e. The summed E-state index contributed by atoms with van der Waals surface area (Å²) in [6, 6.07) is 4.37. The second-order valence-corrected chi connectivity index (χ2v) is 8.36. The van der Waals surface area contributed by atoms with E-state index in [0.29, 0.717) is 31.6 Å². The van der Waals surface area contributed by atoms with Crippen molar-refractivity contribution in [1.82, 2.24) is 15.0 Å². The molecule has 0 amide bonds. The number of aromatic nitrogens is 3. The maximum atomic E-state index is 9.54. The quantitative estimate of drug-likeness (QED) is 0.404. The molecule has 3 heterocycles. The molecule has 0 saturated heterocycles. The summed E-state index contributed by atoms with van der Waals surface area (Å²) in [4.78, 5) is 13.9. The first kappa shape index (κ1) is 22.5. The molecular weight excluding hydrogens is 406 g/mol. The zero-order valence-electron chi connectivity index (χ0n) is 19.1. The lowest BCUT2D eigenvalue weighted by Crippen LogP contribution is -2.20. The predicted molar refractivity (Wildman–Crippen MR) is 126 cm³/mol. The molecule has 1 aliphatic carbocycles. The van der Waals surface area contributed by atoms with Gasteiger partial charge in [0.2, 0.25) is 5.95 Å². The Bertz CT molecular complexity index is 1050. The van der Waals surface area contributed by atoms with E-state index in [1.807, 2.05) is 19.9 Å². The highest BCUT2D eigenvalue weighted by molar-refractivity contribution is 5.86. The van der Waals surface area contributed by atoms with Crippen molar-refractivity contribution in [2.75, 3.05) is 37.0 Å². The normalized spacial score (nSPS) is 18.4. The third kappa shape index (κ3) is 5.02. The number of aryl methyl sites for hydroxylation is 2. The van der Waals surface area contributed by atoms with Crippen molar-refractivity contribution < 1.29 is 14.3 Å². The lowest BCUT2D eigenvalue weighted by molar-refractivity contribution is 0.158. The molecular formula is C24H33N5O3. The molecule has 0 radical (unpaired) electrons. The summed E-state index contributed by atoms with van der Waals surface area (Å²) >= 11 is 0. The zero-order chi connectivity index (χ0) is 22.5. The number of anilines is 2. The van der Waals surface area contributed by atoms with Crippen LogP contribution >= 0.6 is 0 Å². The number of nitrogens with zero attached hydrogens (tertiary/aromatic N) is 3. The van der Waals surface area contributed by atoms with E-state index in [0.717, 1.165) is 65.2 Å². The second kappa shape index (κ2) is 10.3. The largest absolute Gasteiger partial charge is 0.454 e. The summed E-state index contributed by atoms with van der Waals surface area (Å²) < 4.78 is 11.6. The Morgan fingerprint density at radius 2 is 2.09 bits per heavy atom. The predicted octanol–water partition coefficient (Wildman–Crippen LogP) is 4.18. The first-order chi connectivity index (χ1) is 15.6. The summed E-state index contributed by atoms with van der Waals surface area (Å²) in [5.74, 6) is 2.39. The van der Waals surface area contributed by atoms with E-state index in [-0.39, 0.29) is 12.6 Å². The van der Waals surface area contributed by atoms with Crippen LogP contribution in [-0.2, 0) is 11.2 Å². The van der Waals surface area contributed by atoms with Crippen molar-refractivity contribution in [3.05, 3.63) is 29.7 Å². The van der Waals surface area contributed by atoms with Crippen molar-refractivity contribution in [3.63, 3.8) is 0 Å². The third-order valence-corrected chi connectivity index (χ3v) is 6.03. The van der Waals surface area contributed by atoms with E-state index in [1.54, 1.807) is 6.20 Å². The molecule has 0 bridgehead atoms. The van der Waals surface area contributed by atoms with Gasteiger partial charge in [-0.05, 0) is 57.6 Å². The van der Waals surface area contributed by atoms with Gasteiger partial charge in [0.1, 0.15) is 11.6 Å². The topological polar surface area (TPSA) is 105 Å². The summed E-state index contributed by atoms with van der Waals surface area (Å²) in [5, 5.41) is 17.4. The Balaban J connectivity index is 1.67. The Kier molecular flexibility index (Phi) is 7.22. The fourth-order valence-electron chi connectivity index (χ4n) is 4.30. The van der Waals surface area contributed by atoms with E-state index in [4.69, 9.17) is 14.1 Å². The van der Waals surface area contributed by atoms with Crippen LogP contribution in [0.1, 0.15) is 44.5 Å². The molecule has 1 saturated carbocycles. The molecule has 4 rings (SSSR count). The SMILES string of the molecule is CCOCCNc1nc(C)c(-c2cc3cc(CC)ncc3o2)c(N[C@H]2CC[C@@H](CO)C2)n1. The molecule has 3 N–H and O–H groups in total. The Morgan fingerprint density at radius 1 is 1.22 bits per heavy atom. The number of pyridine rings is 1. The van der Waals surface area contributed by atoms with Crippen molar-refractivity contribution in [3.8, 4) is 11.3 Å².